The van der Waals surface area contributed by atoms with Gasteiger partial charge >= 0.3 is 11.2 Å². The van der Waals surface area contributed by atoms with Crippen LogP contribution in [0.3, 0.4) is 0 Å². The summed E-state index contributed by atoms with van der Waals surface area (Å²) in [6.07, 6.45) is 1.10. The van der Waals surface area contributed by atoms with E-state index < -0.39 is 5.24 Å². The first-order valence-electron chi connectivity index (χ1n) is 2.20. The molecule has 0 bridgehead atoms. The highest BCUT2D eigenvalue weighted by Gasteiger charge is 1.79. The monoisotopic (exact) mass is 164 g/mol. The Kier molecular flexibility index (Phi) is 9.22. The smallest absolute Gasteiger partial charge is 0.347 e. The molecule has 2 N–H and O–H groups in total. The van der Waals surface area contributed by atoms with E-state index in [1.54, 1.807) is 0 Å². The molecule has 4 nitrogen and oxygen atoms in total. The van der Waals surface area contributed by atoms with Gasteiger partial charge in [-0.1, -0.05) is 6.58 Å². The first-order chi connectivity index (χ1) is 4.50. The molecule has 0 unspecified atom stereocenters. The Morgan fingerprint density at radius 1 is 1.70 bits per heavy atom. The molecule has 0 fully saturated rings. The zero-order chi connectivity index (χ0) is 8.57. The van der Waals surface area contributed by atoms with Gasteiger partial charge in [0.25, 0.3) is 0 Å². The number of aliphatic hydroxyl groups is 2. The van der Waals surface area contributed by atoms with Gasteiger partial charge in [0.2, 0.25) is 0 Å². The Hall–Kier alpha value is -1.10. The maximum Gasteiger partial charge on any atom is 0.347 e. The molecule has 10 heavy (non-hydrogen) atoms. The van der Waals surface area contributed by atoms with E-state index >= 15 is 0 Å². The van der Waals surface area contributed by atoms with Crippen LogP contribution in [0.15, 0.2) is 12.8 Å². The third kappa shape index (κ3) is 66.5. The van der Waals surface area contributed by atoms with Gasteiger partial charge in [0.05, 0.1) is 6.26 Å². The molecule has 58 valence electrons. The topological polar surface area (TPSA) is 66.8 Å². The van der Waals surface area contributed by atoms with Crippen molar-refractivity contribution >= 4 is 23.4 Å². The van der Waals surface area contributed by atoms with Crippen LogP contribution in [0.2, 0.25) is 0 Å². The van der Waals surface area contributed by atoms with E-state index in [1.165, 1.54) is 6.92 Å². The van der Waals surface area contributed by atoms with Crippen LogP contribution in [-0.4, -0.2) is 21.4 Å². The predicted molar refractivity (Wildman–Crippen MR) is 39.8 cm³/mol. The second-order valence-corrected chi connectivity index (χ2v) is 1.42. The minimum atomic E-state index is -1.000. The molecule has 0 amide bonds. The first-order valence-corrected chi connectivity index (χ1v) is 2.61. The zero-order valence-corrected chi connectivity index (χ0v) is 6.22. The van der Waals surface area contributed by atoms with Gasteiger partial charge in [-0.05, 0) is 0 Å². The fourth-order valence-electron chi connectivity index (χ4n) is 0.117. The Morgan fingerprint density at radius 3 is 2.00 bits per heavy atom. The number of rotatable bonds is 1. The molecule has 0 aromatic carbocycles. The molecule has 0 saturated heterocycles. The number of carbonyl (C=O) groups excluding carboxylic acids is 1. The van der Waals surface area contributed by atoms with Crippen molar-refractivity contribution in [3.8, 4) is 0 Å². The van der Waals surface area contributed by atoms with E-state index in [-0.39, 0.29) is 5.97 Å². The maximum atomic E-state index is 9.75. The maximum absolute atomic E-state index is 9.75. The van der Waals surface area contributed by atoms with Crippen molar-refractivity contribution in [2.24, 2.45) is 0 Å². The standard InChI is InChI=1S/C4H6O2.CH2O2S/c1-3-6-4(2)5;2-1(3)4/h3H,1H2,2H3;(H2,2,3,4). The number of esters is 1. The van der Waals surface area contributed by atoms with Gasteiger partial charge in [0.15, 0.2) is 0 Å². The lowest BCUT2D eigenvalue weighted by Crippen LogP contribution is -1.87. The van der Waals surface area contributed by atoms with Crippen LogP contribution in [0.25, 0.3) is 0 Å². The molecule has 0 aromatic rings. The first kappa shape index (κ1) is 11.7. The highest BCUT2D eigenvalue weighted by molar-refractivity contribution is 7.79. The second-order valence-electron chi connectivity index (χ2n) is 1.06. The van der Waals surface area contributed by atoms with E-state index in [4.69, 9.17) is 10.2 Å². The lowest BCUT2D eigenvalue weighted by atomic mass is 10.8. The molecular formula is C5H8O4S. The number of hydrogen-bond acceptors (Lipinski definition) is 3. The summed E-state index contributed by atoms with van der Waals surface area (Å²) >= 11 is 3.65. The van der Waals surface area contributed by atoms with Crippen molar-refractivity contribution in [3.63, 3.8) is 0 Å². The average Bonchev–Trinajstić information content (AvgIpc) is 1.62. The van der Waals surface area contributed by atoms with Crippen molar-refractivity contribution in [2.75, 3.05) is 0 Å². The van der Waals surface area contributed by atoms with Gasteiger partial charge in [0.1, 0.15) is 0 Å². The molecule has 0 rings (SSSR count). The average molecular weight is 164 g/mol. The third-order valence-electron chi connectivity index (χ3n) is 0.249. The molecular weight excluding hydrogens is 156 g/mol. The normalized spacial score (nSPS) is 6.50. The lowest BCUT2D eigenvalue weighted by molar-refractivity contribution is -0.135. The summed E-state index contributed by atoms with van der Waals surface area (Å²) in [7, 11) is 0. The number of aliphatic hydroxyl groups excluding tert-OH is 1. The Morgan fingerprint density at radius 2 is 2.00 bits per heavy atom. The Labute approximate surface area is 63.7 Å². The molecule has 5 heteroatoms. The van der Waals surface area contributed by atoms with Crippen LogP contribution in [0.5, 0.6) is 0 Å². The molecule has 0 aliphatic carbocycles. The van der Waals surface area contributed by atoms with Crippen LogP contribution < -0.4 is 0 Å². The molecule has 0 saturated carbocycles. The zero-order valence-electron chi connectivity index (χ0n) is 5.40. The molecule has 0 aromatic heterocycles. The van der Waals surface area contributed by atoms with Crippen LogP contribution in [0, 0.1) is 0 Å². The summed E-state index contributed by atoms with van der Waals surface area (Å²) < 4.78 is 4.17. The number of hydrogen-bond donors (Lipinski definition) is 2. The number of ether oxygens (including phenoxy) is 1. The summed E-state index contributed by atoms with van der Waals surface area (Å²) in [4.78, 5) is 9.75. The summed E-state index contributed by atoms with van der Waals surface area (Å²) in [5.74, 6) is -0.329. The van der Waals surface area contributed by atoms with Crippen LogP contribution >= 0.6 is 12.2 Å². The minimum absolute atomic E-state index is 0.329. The fraction of sp³-hybridized carbons (Fsp3) is 0.200. The van der Waals surface area contributed by atoms with Crippen molar-refractivity contribution in [3.05, 3.63) is 12.8 Å². The summed E-state index contributed by atoms with van der Waals surface area (Å²) in [5, 5.41) is 13.7. The van der Waals surface area contributed by atoms with Crippen LogP contribution in [0.1, 0.15) is 6.92 Å². The molecule has 0 spiro atoms. The highest BCUT2D eigenvalue weighted by Crippen LogP contribution is 1.70. The SMILES string of the molecule is C=COC(C)=O.OC(O)=S. The largest absolute Gasteiger partial charge is 0.473 e. The van der Waals surface area contributed by atoms with E-state index in [0.717, 1.165) is 6.26 Å². The molecule has 0 aliphatic rings. The number of carbonyl (C=O) groups is 1. The van der Waals surface area contributed by atoms with Crippen LogP contribution in [-0.2, 0) is 9.53 Å². The van der Waals surface area contributed by atoms with Gasteiger partial charge in [0, 0.05) is 19.1 Å². The fourth-order valence-corrected chi connectivity index (χ4v) is 0.117. The predicted octanol–water partition coefficient (Wildman–Crippen LogP) is 1.08. The molecule has 0 heterocycles. The van der Waals surface area contributed by atoms with Crippen LogP contribution in [0.4, 0.5) is 0 Å². The van der Waals surface area contributed by atoms with Gasteiger partial charge in [-0.25, -0.2) is 0 Å². The van der Waals surface area contributed by atoms with Gasteiger partial charge in [-0.15, -0.1) is 0 Å². The summed E-state index contributed by atoms with van der Waals surface area (Å²) in [6.45, 7) is 4.48. The van der Waals surface area contributed by atoms with E-state index in [0.29, 0.717) is 0 Å². The Balaban J connectivity index is 0. The minimum Gasteiger partial charge on any atom is -0.473 e. The third-order valence-corrected chi connectivity index (χ3v) is 0.249. The van der Waals surface area contributed by atoms with Crippen molar-refractivity contribution in [1.29, 1.82) is 0 Å². The Bertz CT molecular complexity index is 128. The number of thiocarbonyl (C=S) groups is 1. The van der Waals surface area contributed by atoms with E-state index in [1.807, 2.05) is 0 Å². The summed E-state index contributed by atoms with van der Waals surface area (Å²) in [6, 6.07) is 0. The molecule has 0 aliphatic heterocycles. The van der Waals surface area contributed by atoms with E-state index in [2.05, 4.69) is 23.5 Å². The van der Waals surface area contributed by atoms with Crippen molar-refractivity contribution in [2.45, 2.75) is 6.92 Å². The second kappa shape index (κ2) is 7.90. The molecule has 0 atom stereocenters. The lowest BCUT2D eigenvalue weighted by Gasteiger charge is -1.83. The highest BCUT2D eigenvalue weighted by atomic mass is 32.1. The van der Waals surface area contributed by atoms with Gasteiger partial charge in [-0.3, -0.25) is 4.79 Å². The van der Waals surface area contributed by atoms with Crippen molar-refractivity contribution in [1.82, 2.24) is 0 Å². The van der Waals surface area contributed by atoms with Crippen molar-refractivity contribution < 1.29 is 19.7 Å². The van der Waals surface area contributed by atoms with E-state index in [9.17, 15) is 4.79 Å². The van der Waals surface area contributed by atoms with Gasteiger partial charge < -0.3 is 14.9 Å². The van der Waals surface area contributed by atoms with Gasteiger partial charge in [-0.2, -0.15) is 0 Å². The summed E-state index contributed by atoms with van der Waals surface area (Å²) in [5.41, 5.74) is 0. The quantitative estimate of drug-likeness (QED) is 0.345. The molecule has 0 radical (unpaired) electrons.